The summed E-state index contributed by atoms with van der Waals surface area (Å²) in [6, 6.07) is 3.82. The Morgan fingerprint density at radius 3 is 2.73 bits per heavy atom. The number of hydrogen-bond acceptors (Lipinski definition) is 2. The molecule has 15 heavy (non-hydrogen) atoms. The lowest BCUT2D eigenvalue weighted by Gasteiger charge is -2.06. The van der Waals surface area contributed by atoms with Gasteiger partial charge in [-0.2, -0.15) is 0 Å². The molecule has 0 saturated carbocycles. The molecule has 3 nitrogen and oxygen atoms in total. The van der Waals surface area contributed by atoms with Crippen LogP contribution < -0.4 is 5.32 Å². The molecular weight excluding hydrogens is 228 g/mol. The Morgan fingerprint density at radius 2 is 2.20 bits per heavy atom. The number of amides is 1. The average molecular weight is 236 g/mol. The molecule has 0 radical (unpaired) electrons. The summed E-state index contributed by atoms with van der Waals surface area (Å²) in [6.45, 7) is -0.749. The van der Waals surface area contributed by atoms with Crippen LogP contribution in [0.4, 0.5) is 8.78 Å². The minimum atomic E-state index is -2.62. The predicted molar refractivity (Wildman–Crippen MR) is 51.5 cm³/mol. The molecule has 1 aromatic carbocycles. The minimum absolute atomic E-state index is 0.0833. The van der Waals surface area contributed by atoms with Crippen molar-refractivity contribution in [3.8, 4) is 5.75 Å². The standard InChI is InChI=1S/C9H8ClF2NO2/c10-5-1-2-6(7(14)3-5)9(15)13-4-8(11)12/h1-3,8,14H,4H2,(H,13,15). The zero-order chi connectivity index (χ0) is 11.4. The van der Waals surface area contributed by atoms with E-state index in [4.69, 9.17) is 11.6 Å². The maximum absolute atomic E-state index is 11.8. The second kappa shape index (κ2) is 4.93. The molecule has 82 valence electrons. The van der Waals surface area contributed by atoms with Crippen molar-refractivity contribution in [1.29, 1.82) is 0 Å². The number of phenolic OH excluding ortho intramolecular Hbond substituents is 1. The number of alkyl halides is 2. The molecule has 0 aliphatic heterocycles. The Hall–Kier alpha value is -1.36. The van der Waals surface area contributed by atoms with Crippen LogP contribution in [0.5, 0.6) is 5.75 Å². The molecule has 0 unspecified atom stereocenters. The molecule has 6 heteroatoms. The van der Waals surface area contributed by atoms with Crippen LogP contribution in [0.2, 0.25) is 5.02 Å². The van der Waals surface area contributed by atoms with E-state index in [9.17, 15) is 18.7 Å². The van der Waals surface area contributed by atoms with Crippen LogP contribution in [0.3, 0.4) is 0 Å². The molecule has 0 spiro atoms. The van der Waals surface area contributed by atoms with Gasteiger partial charge in [0, 0.05) is 5.02 Å². The number of carbonyl (C=O) groups is 1. The molecule has 0 bridgehead atoms. The van der Waals surface area contributed by atoms with Gasteiger partial charge in [-0.05, 0) is 18.2 Å². The van der Waals surface area contributed by atoms with E-state index >= 15 is 0 Å². The molecule has 0 heterocycles. The SMILES string of the molecule is O=C(NCC(F)F)c1ccc(Cl)cc1O. The van der Waals surface area contributed by atoms with Gasteiger partial charge in [0.05, 0.1) is 12.1 Å². The van der Waals surface area contributed by atoms with E-state index < -0.39 is 18.9 Å². The first-order valence-electron chi connectivity index (χ1n) is 4.05. The second-order valence-corrected chi connectivity index (χ2v) is 3.20. The molecule has 0 saturated heterocycles. The van der Waals surface area contributed by atoms with Gasteiger partial charge in [-0.3, -0.25) is 4.79 Å². The smallest absolute Gasteiger partial charge is 0.255 e. The molecule has 1 aromatic rings. The van der Waals surface area contributed by atoms with Crippen molar-refractivity contribution < 1.29 is 18.7 Å². The van der Waals surface area contributed by atoms with Crippen LogP contribution in [-0.2, 0) is 0 Å². The highest BCUT2D eigenvalue weighted by Gasteiger charge is 2.12. The monoisotopic (exact) mass is 235 g/mol. The maximum atomic E-state index is 11.8. The number of nitrogens with one attached hydrogen (secondary N) is 1. The molecule has 2 N–H and O–H groups in total. The van der Waals surface area contributed by atoms with E-state index in [0.717, 1.165) is 0 Å². The first-order chi connectivity index (χ1) is 7.00. The van der Waals surface area contributed by atoms with Gasteiger partial charge in [0.25, 0.3) is 12.3 Å². The third kappa shape index (κ3) is 3.36. The fourth-order valence-electron chi connectivity index (χ4n) is 0.962. The summed E-state index contributed by atoms with van der Waals surface area (Å²) in [4.78, 5) is 11.2. The highest BCUT2D eigenvalue weighted by molar-refractivity contribution is 6.30. The zero-order valence-electron chi connectivity index (χ0n) is 7.51. The number of rotatable bonds is 3. The molecule has 0 aromatic heterocycles. The van der Waals surface area contributed by atoms with Gasteiger partial charge in [-0.15, -0.1) is 0 Å². The van der Waals surface area contributed by atoms with Crippen molar-refractivity contribution in [2.24, 2.45) is 0 Å². The normalized spacial score (nSPS) is 10.4. The zero-order valence-corrected chi connectivity index (χ0v) is 8.26. The molecule has 0 fully saturated rings. The third-order valence-corrected chi connectivity index (χ3v) is 1.86. The van der Waals surface area contributed by atoms with Crippen LogP contribution in [0.1, 0.15) is 10.4 Å². The Kier molecular flexibility index (Phi) is 3.85. The van der Waals surface area contributed by atoms with Gasteiger partial charge in [0.1, 0.15) is 5.75 Å². The van der Waals surface area contributed by atoms with Gasteiger partial charge in [0.2, 0.25) is 0 Å². The Bertz CT molecular complexity index is 371. The number of carbonyl (C=O) groups excluding carboxylic acids is 1. The highest BCUT2D eigenvalue weighted by atomic mass is 35.5. The fraction of sp³-hybridized carbons (Fsp3) is 0.222. The Balaban J connectivity index is 2.74. The number of benzene rings is 1. The van der Waals surface area contributed by atoms with Crippen molar-refractivity contribution >= 4 is 17.5 Å². The van der Waals surface area contributed by atoms with Gasteiger partial charge in [-0.25, -0.2) is 8.78 Å². The molecule has 0 aliphatic rings. The summed E-state index contributed by atoms with van der Waals surface area (Å²) in [5.74, 6) is -1.10. The van der Waals surface area contributed by atoms with E-state index in [1.165, 1.54) is 18.2 Å². The summed E-state index contributed by atoms with van der Waals surface area (Å²) < 4.78 is 23.6. The number of hydrogen-bond donors (Lipinski definition) is 2. The van der Waals surface area contributed by atoms with Gasteiger partial charge in [-0.1, -0.05) is 11.6 Å². The molecule has 1 amide bonds. The quantitative estimate of drug-likeness (QED) is 0.842. The van der Waals surface area contributed by atoms with E-state index in [1.807, 2.05) is 5.32 Å². The third-order valence-electron chi connectivity index (χ3n) is 1.62. The van der Waals surface area contributed by atoms with Crippen molar-refractivity contribution in [3.05, 3.63) is 28.8 Å². The highest BCUT2D eigenvalue weighted by Crippen LogP contribution is 2.21. The summed E-state index contributed by atoms with van der Waals surface area (Å²) in [5, 5.41) is 11.5. The number of phenols is 1. The van der Waals surface area contributed by atoms with Crippen molar-refractivity contribution in [2.45, 2.75) is 6.43 Å². The summed E-state index contributed by atoms with van der Waals surface area (Å²) in [5.41, 5.74) is -0.0833. The number of aromatic hydroxyl groups is 1. The average Bonchev–Trinajstić information content (AvgIpc) is 2.14. The van der Waals surface area contributed by atoms with E-state index in [-0.39, 0.29) is 16.3 Å². The van der Waals surface area contributed by atoms with Gasteiger partial charge >= 0.3 is 0 Å². The first-order valence-corrected chi connectivity index (χ1v) is 4.43. The Labute approximate surface area is 89.7 Å². The first kappa shape index (κ1) is 11.7. The fourth-order valence-corrected chi connectivity index (χ4v) is 1.13. The van der Waals surface area contributed by atoms with Crippen LogP contribution in [0.15, 0.2) is 18.2 Å². The van der Waals surface area contributed by atoms with Gasteiger partial charge < -0.3 is 10.4 Å². The van der Waals surface area contributed by atoms with Crippen LogP contribution >= 0.6 is 11.6 Å². The van der Waals surface area contributed by atoms with Crippen molar-refractivity contribution in [1.82, 2.24) is 5.32 Å². The van der Waals surface area contributed by atoms with Crippen LogP contribution in [-0.4, -0.2) is 24.0 Å². The maximum Gasteiger partial charge on any atom is 0.255 e. The lowest BCUT2D eigenvalue weighted by Crippen LogP contribution is -2.28. The topological polar surface area (TPSA) is 49.3 Å². The Morgan fingerprint density at radius 1 is 1.53 bits per heavy atom. The number of halogens is 3. The molecule has 0 atom stereocenters. The summed E-state index contributed by atoms with van der Waals surface area (Å²) in [6.07, 6.45) is -2.62. The molecular formula is C9H8ClF2NO2. The van der Waals surface area contributed by atoms with Crippen LogP contribution in [0.25, 0.3) is 0 Å². The summed E-state index contributed by atoms with van der Waals surface area (Å²) >= 11 is 5.54. The second-order valence-electron chi connectivity index (χ2n) is 2.76. The van der Waals surface area contributed by atoms with Crippen molar-refractivity contribution in [2.75, 3.05) is 6.54 Å². The predicted octanol–water partition coefficient (Wildman–Crippen LogP) is 2.04. The largest absolute Gasteiger partial charge is 0.507 e. The summed E-state index contributed by atoms with van der Waals surface area (Å²) in [7, 11) is 0. The van der Waals surface area contributed by atoms with E-state index in [2.05, 4.69) is 0 Å². The van der Waals surface area contributed by atoms with Gasteiger partial charge in [0.15, 0.2) is 0 Å². The molecule has 0 aliphatic carbocycles. The minimum Gasteiger partial charge on any atom is -0.507 e. The van der Waals surface area contributed by atoms with Crippen LogP contribution in [0, 0.1) is 0 Å². The van der Waals surface area contributed by atoms with E-state index in [0.29, 0.717) is 0 Å². The van der Waals surface area contributed by atoms with E-state index in [1.54, 1.807) is 0 Å². The molecule has 1 rings (SSSR count). The lowest BCUT2D eigenvalue weighted by molar-refractivity contribution is 0.0889. The lowest BCUT2D eigenvalue weighted by atomic mass is 10.2. The van der Waals surface area contributed by atoms with Crippen molar-refractivity contribution in [3.63, 3.8) is 0 Å².